The van der Waals surface area contributed by atoms with Gasteiger partial charge in [0.15, 0.2) is 11.0 Å². The first-order chi connectivity index (χ1) is 13.1. The number of hydrogen-bond donors (Lipinski definition) is 0. The van der Waals surface area contributed by atoms with Crippen molar-refractivity contribution in [3.63, 3.8) is 0 Å². The predicted molar refractivity (Wildman–Crippen MR) is 106 cm³/mol. The molecule has 4 nitrogen and oxygen atoms in total. The number of carbonyl (C=O) groups excluding carboxylic acids is 2. The maximum atomic E-state index is 10.9. The van der Waals surface area contributed by atoms with Crippen LogP contribution in [0, 0.1) is 0 Å². The van der Waals surface area contributed by atoms with Gasteiger partial charge in [0.1, 0.15) is 12.6 Å². The lowest BCUT2D eigenvalue weighted by molar-refractivity contribution is -0.645. The van der Waals surface area contributed by atoms with Crippen molar-refractivity contribution in [3.05, 3.63) is 78.1 Å². The van der Waals surface area contributed by atoms with Gasteiger partial charge in [-0.2, -0.15) is 0 Å². The van der Waals surface area contributed by atoms with Crippen LogP contribution in [-0.4, -0.2) is 17.1 Å². The summed E-state index contributed by atoms with van der Waals surface area (Å²) in [7, 11) is 4.07. The molecule has 0 N–H and O–H groups in total. The second-order valence-electron chi connectivity index (χ2n) is 6.67. The number of fused-ring (bicyclic) bond motifs is 1. The third-order valence-electron chi connectivity index (χ3n) is 4.92. The molecule has 0 aliphatic rings. The van der Waals surface area contributed by atoms with Gasteiger partial charge in [-0.3, -0.25) is 9.59 Å². The van der Waals surface area contributed by atoms with Crippen molar-refractivity contribution >= 4 is 23.6 Å². The number of aromatic nitrogens is 2. The van der Waals surface area contributed by atoms with Crippen molar-refractivity contribution in [2.45, 2.75) is 0 Å². The molecule has 1 aromatic heterocycles. The minimum absolute atomic E-state index is 0. The minimum Gasteiger partial charge on any atom is -1.00 e. The third kappa shape index (κ3) is 3.29. The summed E-state index contributed by atoms with van der Waals surface area (Å²) < 4.78 is 4.23. The molecule has 1 heterocycles. The number of rotatable bonds is 4. The van der Waals surface area contributed by atoms with Gasteiger partial charge in [0, 0.05) is 22.3 Å². The van der Waals surface area contributed by atoms with Gasteiger partial charge in [-0.15, -0.1) is 0 Å². The summed E-state index contributed by atoms with van der Waals surface area (Å²) in [5, 5.41) is 0. The van der Waals surface area contributed by atoms with Crippen molar-refractivity contribution in [2.24, 2.45) is 14.1 Å². The average molecular weight is 435 g/mol. The standard InChI is InChI=1S/C23H19N2O2.BrH/c1-24-15-25(2)23-21(19-9-5-17(14-27)6-10-19)12-11-20(22(23)24)18-7-3-16(13-26)4-8-18;/h3-15H,1-2H3;1H/q+1;/p-1. The topological polar surface area (TPSA) is 43.0 Å². The lowest BCUT2D eigenvalue weighted by Crippen LogP contribution is -3.00. The van der Waals surface area contributed by atoms with Gasteiger partial charge < -0.3 is 17.0 Å². The molecule has 3 aromatic carbocycles. The van der Waals surface area contributed by atoms with Crippen LogP contribution >= 0.6 is 0 Å². The summed E-state index contributed by atoms with van der Waals surface area (Å²) >= 11 is 0. The van der Waals surface area contributed by atoms with E-state index in [2.05, 4.69) is 27.6 Å². The quantitative estimate of drug-likeness (QED) is 0.354. The van der Waals surface area contributed by atoms with E-state index in [1.807, 2.05) is 62.6 Å². The van der Waals surface area contributed by atoms with Crippen LogP contribution in [0.15, 0.2) is 67.0 Å². The van der Waals surface area contributed by atoms with E-state index >= 15 is 0 Å². The molecule has 0 saturated heterocycles. The summed E-state index contributed by atoms with van der Waals surface area (Å²) in [6.45, 7) is 0. The Morgan fingerprint density at radius 3 is 1.71 bits per heavy atom. The van der Waals surface area contributed by atoms with Crippen molar-refractivity contribution in [1.29, 1.82) is 0 Å². The number of aldehydes is 2. The number of carbonyl (C=O) groups is 2. The van der Waals surface area contributed by atoms with Gasteiger partial charge in [0.2, 0.25) is 6.33 Å². The van der Waals surface area contributed by atoms with E-state index in [0.717, 1.165) is 45.9 Å². The number of nitrogens with zero attached hydrogens (tertiary/aromatic N) is 2. The van der Waals surface area contributed by atoms with Crippen molar-refractivity contribution in [2.75, 3.05) is 0 Å². The Hall–Kier alpha value is -3.05. The number of imidazole rings is 1. The Morgan fingerprint density at radius 1 is 0.750 bits per heavy atom. The van der Waals surface area contributed by atoms with Crippen LogP contribution in [0.3, 0.4) is 0 Å². The minimum atomic E-state index is 0. The van der Waals surface area contributed by atoms with E-state index in [9.17, 15) is 9.59 Å². The van der Waals surface area contributed by atoms with Crippen LogP contribution in [0.25, 0.3) is 33.3 Å². The lowest BCUT2D eigenvalue weighted by Gasteiger charge is -2.08. The van der Waals surface area contributed by atoms with Gasteiger partial charge in [-0.1, -0.05) is 48.5 Å². The largest absolute Gasteiger partial charge is 1.00 e. The Morgan fingerprint density at radius 2 is 1.21 bits per heavy atom. The molecule has 0 saturated carbocycles. The zero-order chi connectivity index (χ0) is 19.0. The van der Waals surface area contributed by atoms with E-state index in [1.165, 1.54) is 0 Å². The second kappa shape index (κ2) is 7.90. The zero-order valence-electron chi connectivity index (χ0n) is 15.6. The molecule has 4 rings (SSSR count). The normalized spacial score (nSPS) is 10.5. The SMILES string of the molecule is Cn1c[n+](C)c2c(-c3ccc(C=O)cc3)ccc(-c3ccc(C=O)cc3)c21.[Br-]. The van der Waals surface area contributed by atoms with Gasteiger partial charge in [0.25, 0.3) is 0 Å². The highest BCUT2D eigenvalue weighted by atomic mass is 79.9. The van der Waals surface area contributed by atoms with Gasteiger partial charge in [-0.05, 0) is 23.3 Å². The van der Waals surface area contributed by atoms with E-state index in [4.69, 9.17) is 0 Å². The number of hydrogen-bond acceptors (Lipinski definition) is 2. The molecule has 4 aromatic rings. The Bertz CT molecular complexity index is 1070. The molecule has 0 atom stereocenters. The summed E-state index contributed by atoms with van der Waals surface area (Å²) in [5.74, 6) is 0. The highest BCUT2D eigenvalue weighted by Crippen LogP contribution is 2.34. The summed E-state index contributed by atoms with van der Waals surface area (Å²) in [5.41, 5.74) is 7.92. The third-order valence-corrected chi connectivity index (χ3v) is 4.92. The maximum Gasteiger partial charge on any atom is 0.244 e. The molecular formula is C23H19BrN2O2. The van der Waals surface area contributed by atoms with Crippen LogP contribution in [0.4, 0.5) is 0 Å². The van der Waals surface area contributed by atoms with Gasteiger partial charge in [-0.25, -0.2) is 9.13 Å². The fraction of sp³-hybridized carbons (Fsp3) is 0.0870. The number of halogens is 1. The van der Waals surface area contributed by atoms with Gasteiger partial charge in [0.05, 0.1) is 14.1 Å². The van der Waals surface area contributed by atoms with Crippen molar-refractivity contribution in [3.8, 4) is 22.3 Å². The van der Waals surface area contributed by atoms with Crippen molar-refractivity contribution < 1.29 is 31.1 Å². The van der Waals surface area contributed by atoms with Gasteiger partial charge >= 0.3 is 0 Å². The first kappa shape index (κ1) is 19.7. The molecule has 0 amide bonds. The number of aryl methyl sites for hydroxylation is 2. The first-order valence-electron chi connectivity index (χ1n) is 8.71. The molecule has 0 unspecified atom stereocenters. The molecule has 140 valence electrons. The Kier molecular flexibility index (Phi) is 5.56. The van der Waals surface area contributed by atoms with Crippen molar-refractivity contribution in [1.82, 2.24) is 4.57 Å². The van der Waals surface area contributed by atoms with E-state index in [0.29, 0.717) is 11.1 Å². The van der Waals surface area contributed by atoms with E-state index in [1.54, 1.807) is 0 Å². The fourth-order valence-electron chi connectivity index (χ4n) is 3.62. The first-order valence-corrected chi connectivity index (χ1v) is 8.71. The summed E-state index contributed by atoms with van der Waals surface area (Å²) in [6.07, 6.45) is 3.76. The number of benzene rings is 3. The van der Waals surface area contributed by atoms with Crippen LogP contribution in [0.1, 0.15) is 20.7 Å². The van der Waals surface area contributed by atoms with Crippen LogP contribution < -0.4 is 21.5 Å². The van der Waals surface area contributed by atoms with Crippen LogP contribution in [0.5, 0.6) is 0 Å². The molecule has 5 heteroatoms. The highest BCUT2D eigenvalue weighted by molar-refractivity contribution is 5.99. The smallest absolute Gasteiger partial charge is 0.244 e. The van der Waals surface area contributed by atoms with E-state index in [-0.39, 0.29) is 17.0 Å². The molecule has 28 heavy (non-hydrogen) atoms. The lowest BCUT2D eigenvalue weighted by atomic mass is 9.96. The predicted octanol–water partition coefficient (Wildman–Crippen LogP) is 0.966. The Labute approximate surface area is 173 Å². The second-order valence-corrected chi connectivity index (χ2v) is 6.67. The molecule has 0 radical (unpaired) electrons. The van der Waals surface area contributed by atoms with Crippen LogP contribution in [-0.2, 0) is 14.1 Å². The molecular weight excluding hydrogens is 416 g/mol. The average Bonchev–Trinajstić information content (AvgIpc) is 3.02. The molecule has 0 spiro atoms. The summed E-state index contributed by atoms with van der Waals surface area (Å²) in [4.78, 5) is 21.9. The fourth-order valence-corrected chi connectivity index (χ4v) is 3.62. The molecule has 0 fully saturated rings. The van der Waals surface area contributed by atoms with Crippen LogP contribution in [0.2, 0.25) is 0 Å². The molecule has 0 aliphatic heterocycles. The monoisotopic (exact) mass is 434 g/mol. The summed E-state index contributed by atoms with van der Waals surface area (Å²) in [6, 6.07) is 19.5. The zero-order valence-corrected chi connectivity index (χ0v) is 17.2. The van der Waals surface area contributed by atoms with E-state index < -0.39 is 0 Å². The molecule has 0 bridgehead atoms. The maximum absolute atomic E-state index is 10.9. The Balaban J connectivity index is 0.00000225. The molecule has 0 aliphatic carbocycles. The highest BCUT2D eigenvalue weighted by Gasteiger charge is 2.20.